The van der Waals surface area contributed by atoms with Crippen molar-refractivity contribution >= 4 is 5.97 Å². The van der Waals surface area contributed by atoms with Crippen LogP contribution in [0, 0.1) is 0 Å². The molecule has 0 atom stereocenters. The lowest BCUT2D eigenvalue weighted by atomic mass is 10.4. The molecule has 0 N–H and O–H groups in total. The van der Waals surface area contributed by atoms with E-state index < -0.39 is 5.97 Å². The lowest BCUT2D eigenvalue weighted by molar-refractivity contribution is 0.0470. The van der Waals surface area contributed by atoms with Gasteiger partial charge in [-0.15, -0.1) is 0 Å². The van der Waals surface area contributed by atoms with Crippen molar-refractivity contribution in [2.24, 2.45) is 0 Å². The van der Waals surface area contributed by atoms with Gasteiger partial charge in [0.1, 0.15) is 0 Å². The molecule has 88 valence electrons. The fourth-order valence-electron chi connectivity index (χ4n) is 1.73. The van der Waals surface area contributed by atoms with Crippen molar-refractivity contribution in [3.8, 4) is 0 Å². The molecular weight excluding hydrogens is 210 g/mol. The third kappa shape index (κ3) is 2.57. The summed E-state index contributed by atoms with van der Waals surface area (Å²) in [5.74, 6) is -0.0660. The highest BCUT2D eigenvalue weighted by atomic mass is 16.6. The minimum atomic E-state index is -0.553. The lowest BCUT2D eigenvalue weighted by Crippen LogP contribution is -2.19. The summed E-state index contributed by atoms with van der Waals surface area (Å²) < 4.78 is 9.59. The van der Waals surface area contributed by atoms with Crippen LogP contribution in [0.15, 0.2) is 4.52 Å². The first-order chi connectivity index (χ1) is 7.79. The molecule has 1 saturated heterocycles. The number of likely N-dealkylation sites (tertiary alicyclic amines) is 1. The number of hydrogen-bond donors (Lipinski definition) is 0. The molecule has 6 heteroatoms. The average molecular weight is 225 g/mol. The molecule has 0 saturated carbocycles. The monoisotopic (exact) mass is 225 g/mol. The third-order valence-corrected chi connectivity index (χ3v) is 2.48. The van der Waals surface area contributed by atoms with Crippen molar-refractivity contribution in [3.05, 3.63) is 11.7 Å². The molecule has 0 radical (unpaired) electrons. The highest BCUT2D eigenvalue weighted by Crippen LogP contribution is 2.10. The lowest BCUT2D eigenvalue weighted by Gasteiger charge is -2.10. The van der Waals surface area contributed by atoms with Gasteiger partial charge >= 0.3 is 11.9 Å². The Morgan fingerprint density at radius 1 is 1.50 bits per heavy atom. The zero-order valence-corrected chi connectivity index (χ0v) is 9.31. The van der Waals surface area contributed by atoms with Crippen LogP contribution in [0.1, 0.15) is 36.3 Å². The van der Waals surface area contributed by atoms with Crippen LogP contribution in [-0.2, 0) is 11.3 Å². The van der Waals surface area contributed by atoms with Crippen LogP contribution in [0.2, 0.25) is 0 Å². The number of rotatable bonds is 4. The van der Waals surface area contributed by atoms with Crippen LogP contribution in [0.25, 0.3) is 0 Å². The van der Waals surface area contributed by atoms with Crippen molar-refractivity contribution in [1.29, 1.82) is 0 Å². The van der Waals surface area contributed by atoms with E-state index in [1.54, 1.807) is 6.92 Å². The molecule has 1 aromatic rings. The number of ether oxygens (including phenoxy) is 1. The van der Waals surface area contributed by atoms with Crippen LogP contribution >= 0.6 is 0 Å². The molecule has 2 heterocycles. The maximum Gasteiger partial charge on any atom is 0.397 e. The number of aromatic nitrogens is 2. The van der Waals surface area contributed by atoms with E-state index in [1.165, 1.54) is 12.8 Å². The van der Waals surface area contributed by atoms with E-state index in [0.29, 0.717) is 19.0 Å². The molecule has 1 aliphatic rings. The molecule has 1 aromatic heterocycles. The molecular formula is C10H15N3O3. The predicted molar refractivity (Wildman–Crippen MR) is 54.8 cm³/mol. The Bertz CT molecular complexity index is 358. The second kappa shape index (κ2) is 5.07. The molecule has 0 bridgehead atoms. The predicted octanol–water partition coefficient (Wildman–Crippen LogP) is 0.842. The normalized spacial score (nSPS) is 16.6. The Morgan fingerprint density at radius 3 is 2.94 bits per heavy atom. The molecule has 0 unspecified atom stereocenters. The minimum Gasteiger partial charge on any atom is -0.459 e. The van der Waals surface area contributed by atoms with Gasteiger partial charge in [0.05, 0.1) is 13.2 Å². The van der Waals surface area contributed by atoms with Crippen molar-refractivity contribution in [2.45, 2.75) is 26.3 Å². The summed E-state index contributed by atoms with van der Waals surface area (Å²) in [6.07, 6.45) is 2.42. The van der Waals surface area contributed by atoms with Crippen molar-refractivity contribution in [1.82, 2.24) is 15.0 Å². The molecule has 0 aromatic carbocycles. The van der Waals surface area contributed by atoms with Crippen molar-refractivity contribution < 1.29 is 14.1 Å². The Balaban J connectivity index is 1.93. The van der Waals surface area contributed by atoms with E-state index in [-0.39, 0.29) is 5.89 Å². The fourth-order valence-corrected chi connectivity index (χ4v) is 1.73. The largest absolute Gasteiger partial charge is 0.459 e. The highest BCUT2D eigenvalue weighted by Gasteiger charge is 2.19. The summed E-state index contributed by atoms with van der Waals surface area (Å²) in [6.45, 7) is 4.80. The van der Waals surface area contributed by atoms with Gasteiger partial charge in [0.15, 0.2) is 5.82 Å². The Morgan fingerprint density at radius 2 is 2.25 bits per heavy atom. The summed E-state index contributed by atoms with van der Waals surface area (Å²) in [5.41, 5.74) is 0. The van der Waals surface area contributed by atoms with Gasteiger partial charge in [-0.2, -0.15) is 4.98 Å². The Labute approximate surface area is 93.6 Å². The molecule has 1 fully saturated rings. The van der Waals surface area contributed by atoms with Gasteiger partial charge in [0.25, 0.3) is 0 Å². The van der Waals surface area contributed by atoms with Crippen LogP contribution in [0.4, 0.5) is 0 Å². The van der Waals surface area contributed by atoms with Gasteiger partial charge in [-0.05, 0) is 32.9 Å². The maximum absolute atomic E-state index is 11.3. The van der Waals surface area contributed by atoms with Gasteiger partial charge in [-0.25, -0.2) is 4.79 Å². The molecule has 6 nitrogen and oxygen atoms in total. The van der Waals surface area contributed by atoms with Crippen LogP contribution < -0.4 is 0 Å². The molecule has 16 heavy (non-hydrogen) atoms. The van der Waals surface area contributed by atoms with Gasteiger partial charge < -0.3 is 9.26 Å². The molecule has 0 aliphatic carbocycles. The van der Waals surface area contributed by atoms with Gasteiger partial charge in [0.2, 0.25) is 0 Å². The topological polar surface area (TPSA) is 68.5 Å². The van der Waals surface area contributed by atoms with Crippen LogP contribution in [-0.4, -0.2) is 40.7 Å². The smallest absolute Gasteiger partial charge is 0.397 e. The van der Waals surface area contributed by atoms with Gasteiger partial charge in [-0.3, -0.25) is 4.90 Å². The first-order valence-electron chi connectivity index (χ1n) is 5.51. The summed E-state index contributed by atoms with van der Waals surface area (Å²) in [5, 5.41) is 3.75. The number of hydrogen-bond acceptors (Lipinski definition) is 6. The van der Waals surface area contributed by atoms with Gasteiger partial charge in [0, 0.05) is 0 Å². The molecule has 0 spiro atoms. The van der Waals surface area contributed by atoms with E-state index in [4.69, 9.17) is 9.26 Å². The average Bonchev–Trinajstić information content (AvgIpc) is 2.90. The van der Waals surface area contributed by atoms with Crippen LogP contribution in [0.3, 0.4) is 0 Å². The highest BCUT2D eigenvalue weighted by molar-refractivity contribution is 5.83. The van der Waals surface area contributed by atoms with E-state index >= 15 is 0 Å². The second-order valence-corrected chi connectivity index (χ2v) is 3.72. The summed E-state index contributed by atoms with van der Waals surface area (Å²) in [4.78, 5) is 17.5. The standard InChI is InChI=1S/C10H15N3O3/c1-2-15-10(14)9-11-8(12-16-9)7-13-5-3-4-6-13/h2-7H2,1H3. The van der Waals surface area contributed by atoms with Crippen molar-refractivity contribution in [3.63, 3.8) is 0 Å². The van der Waals surface area contributed by atoms with Crippen LogP contribution in [0.5, 0.6) is 0 Å². The number of carbonyl (C=O) groups is 1. The first-order valence-corrected chi connectivity index (χ1v) is 5.51. The number of nitrogens with zero attached hydrogens (tertiary/aromatic N) is 3. The van der Waals surface area contributed by atoms with Crippen molar-refractivity contribution in [2.75, 3.05) is 19.7 Å². The van der Waals surface area contributed by atoms with E-state index in [1.807, 2.05) is 0 Å². The minimum absolute atomic E-state index is 0.0592. The summed E-state index contributed by atoms with van der Waals surface area (Å²) >= 11 is 0. The third-order valence-electron chi connectivity index (χ3n) is 2.48. The Hall–Kier alpha value is -1.43. The second-order valence-electron chi connectivity index (χ2n) is 3.72. The van der Waals surface area contributed by atoms with E-state index in [9.17, 15) is 4.79 Å². The summed E-state index contributed by atoms with van der Waals surface area (Å²) in [6, 6.07) is 0. The summed E-state index contributed by atoms with van der Waals surface area (Å²) in [7, 11) is 0. The molecule has 2 rings (SSSR count). The quantitative estimate of drug-likeness (QED) is 0.707. The number of carbonyl (C=O) groups excluding carboxylic acids is 1. The van der Waals surface area contributed by atoms with E-state index in [2.05, 4.69) is 15.0 Å². The zero-order chi connectivity index (χ0) is 11.4. The Kier molecular flexibility index (Phi) is 3.51. The zero-order valence-electron chi connectivity index (χ0n) is 9.31. The van der Waals surface area contributed by atoms with Gasteiger partial charge in [-0.1, -0.05) is 5.16 Å². The maximum atomic E-state index is 11.3. The fraction of sp³-hybridized carbons (Fsp3) is 0.700. The first kappa shape index (κ1) is 11.1. The molecule has 0 amide bonds. The SMILES string of the molecule is CCOC(=O)c1nc(CN2CCCC2)no1. The van der Waals surface area contributed by atoms with E-state index in [0.717, 1.165) is 13.1 Å². The molecule has 1 aliphatic heterocycles. The number of esters is 1.